The second-order valence-electron chi connectivity index (χ2n) is 9.32. The summed E-state index contributed by atoms with van der Waals surface area (Å²) in [6, 6.07) is 7.90. The van der Waals surface area contributed by atoms with Crippen molar-refractivity contribution in [2.45, 2.75) is 85.9 Å². The third-order valence-electron chi connectivity index (χ3n) is 7.43. The zero-order valence-corrected chi connectivity index (χ0v) is 22.7. The Morgan fingerprint density at radius 3 is 1.69 bits per heavy atom. The number of esters is 2. The van der Waals surface area contributed by atoms with Gasteiger partial charge in [0.2, 0.25) is 0 Å². The fourth-order valence-electron chi connectivity index (χ4n) is 5.82. The molecule has 0 amide bonds. The Morgan fingerprint density at radius 2 is 1.25 bits per heavy atom. The standard InChI is InChI=1S/C26H42GeO5/c1-6-9-16-27(17-10-7-2,18-11-8-3)23-19-14-12-13-15-20(19)24(28)22(26(30)32-5)21(23)25(29)31-4/h12-15,21-24,28H,6-11,16-18H2,1-5H3/t21-,22-,23-,24-/m1/s1. The van der Waals surface area contributed by atoms with Gasteiger partial charge in [0.1, 0.15) is 0 Å². The first-order chi connectivity index (χ1) is 15.4. The molecule has 1 aromatic carbocycles. The van der Waals surface area contributed by atoms with Gasteiger partial charge in [0, 0.05) is 0 Å². The van der Waals surface area contributed by atoms with Crippen molar-refractivity contribution in [2.75, 3.05) is 14.2 Å². The van der Waals surface area contributed by atoms with Gasteiger partial charge in [0.25, 0.3) is 0 Å². The zero-order valence-electron chi connectivity index (χ0n) is 20.6. The van der Waals surface area contributed by atoms with Crippen LogP contribution in [-0.4, -0.2) is 44.5 Å². The molecule has 0 saturated carbocycles. The number of carbonyl (C=O) groups is 2. The quantitative estimate of drug-likeness (QED) is 0.287. The summed E-state index contributed by atoms with van der Waals surface area (Å²) in [5.74, 6) is -2.53. The Kier molecular flexibility index (Phi) is 10.8. The van der Waals surface area contributed by atoms with Crippen LogP contribution in [0.2, 0.25) is 15.8 Å². The Hall–Kier alpha value is -1.34. The van der Waals surface area contributed by atoms with E-state index in [2.05, 4.69) is 26.8 Å². The van der Waals surface area contributed by atoms with Crippen LogP contribution in [0.5, 0.6) is 0 Å². The van der Waals surface area contributed by atoms with Gasteiger partial charge >= 0.3 is 197 Å². The summed E-state index contributed by atoms with van der Waals surface area (Å²) < 4.78 is 10.4. The monoisotopic (exact) mass is 508 g/mol. The average Bonchev–Trinajstić information content (AvgIpc) is 2.83. The third-order valence-corrected chi connectivity index (χ3v) is 20.1. The molecule has 1 aliphatic carbocycles. The van der Waals surface area contributed by atoms with Crippen LogP contribution < -0.4 is 0 Å². The molecule has 0 aliphatic heterocycles. The van der Waals surface area contributed by atoms with E-state index in [-0.39, 0.29) is 4.75 Å². The molecule has 1 N–H and O–H groups in total. The molecule has 180 valence electrons. The number of unbranched alkanes of at least 4 members (excludes halogenated alkanes) is 3. The van der Waals surface area contributed by atoms with Crippen LogP contribution in [0.3, 0.4) is 0 Å². The molecule has 6 heteroatoms. The first-order valence-corrected chi connectivity index (χ1v) is 18.0. The fraction of sp³-hybridized carbons (Fsp3) is 0.692. The maximum atomic E-state index is 13.3. The number of rotatable bonds is 12. The van der Waals surface area contributed by atoms with Gasteiger partial charge in [-0.2, -0.15) is 0 Å². The molecular weight excluding hydrogens is 465 g/mol. The molecule has 0 spiro atoms. The van der Waals surface area contributed by atoms with Crippen molar-refractivity contribution in [1.82, 2.24) is 0 Å². The number of fused-ring (bicyclic) bond motifs is 1. The van der Waals surface area contributed by atoms with Crippen LogP contribution >= 0.6 is 0 Å². The van der Waals surface area contributed by atoms with Crippen LogP contribution in [0.1, 0.15) is 81.3 Å². The van der Waals surface area contributed by atoms with Crippen molar-refractivity contribution in [3.8, 4) is 0 Å². The van der Waals surface area contributed by atoms with E-state index in [4.69, 9.17) is 9.47 Å². The topological polar surface area (TPSA) is 72.8 Å². The number of hydrogen-bond acceptors (Lipinski definition) is 5. The van der Waals surface area contributed by atoms with Crippen molar-refractivity contribution in [3.63, 3.8) is 0 Å². The molecule has 1 aromatic rings. The first-order valence-electron chi connectivity index (χ1n) is 12.3. The number of aliphatic hydroxyl groups excluding tert-OH is 1. The van der Waals surface area contributed by atoms with E-state index in [9.17, 15) is 14.7 Å². The summed E-state index contributed by atoms with van der Waals surface area (Å²) in [7, 11) is 2.72. The summed E-state index contributed by atoms with van der Waals surface area (Å²) in [4.78, 5) is 26.3. The van der Waals surface area contributed by atoms with Crippen LogP contribution in [0.25, 0.3) is 0 Å². The second-order valence-corrected chi connectivity index (χ2v) is 19.5. The number of aliphatic hydroxyl groups is 1. The SMILES string of the molecule is CCC[CH2][Ge]([CH2]CCC)([CH2]CCC)[C@@H]1c2ccccc2[C@@H](O)[C@H](C(=O)OC)[C@H]1C(=O)OC. The predicted molar refractivity (Wildman–Crippen MR) is 130 cm³/mol. The van der Waals surface area contributed by atoms with Crippen molar-refractivity contribution in [2.24, 2.45) is 11.8 Å². The molecule has 0 radical (unpaired) electrons. The Bertz CT molecular complexity index is 728. The summed E-state index contributed by atoms with van der Waals surface area (Å²) >= 11 is -2.78. The number of benzene rings is 1. The van der Waals surface area contributed by atoms with E-state index in [1.165, 1.54) is 30.0 Å². The van der Waals surface area contributed by atoms with Gasteiger partial charge < -0.3 is 0 Å². The summed E-state index contributed by atoms with van der Waals surface area (Å²) in [6.07, 6.45) is 5.72. The van der Waals surface area contributed by atoms with Crippen LogP contribution in [-0.2, 0) is 19.1 Å². The van der Waals surface area contributed by atoms with Gasteiger partial charge in [-0.05, 0) is 0 Å². The third kappa shape index (κ3) is 5.59. The Balaban J connectivity index is 2.80. The normalized spacial score (nSPS) is 22.8. The molecule has 0 bridgehead atoms. The van der Waals surface area contributed by atoms with Gasteiger partial charge in [0.15, 0.2) is 0 Å². The number of methoxy groups -OCH3 is 2. The molecule has 0 unspecified atom stereocenters. The molecular formula is C26H42GeO5. The van der Waals surface area contributed by atoms with E-state index < -0.39 is 43.1 Å². The van der Waals surface area contributed by atoms with Crippen molar-refractivity contribution in [1.29, 1.82) is 0 Å². The number of ether oxygens (including phenoxy) is 2. The number of carbonyl (C=O) groups excluding carboxylic acids is 2. The van der Waals surface area contributed by atoms with Crippen molar-refractivity contribution in [3.05, 3.63) is 35.4 Å². The molecule has 5 nitrogen and oxygen atoms in total. The molecule has 0 heterocycles. The van der Waals surface area contributed by atoms with Crippen LogP contribution in [0.15, 0.2) is 24.3 Å². The van der Waals surface area contributed by atoms with E-state index in [0.717, 1.165) is 49.7 Å². The van der Waals surface area contributed by atoms with Crippen molar-refractivity contribution >= 4 is 25.2 Å². The Labute approximate surface area is 196 Å². The van der Waals surface area contributed by atoms with Gasteiger partial charge in [-0.25, -0.2) is 0 Å². The second kappa shape index (κ2) is 12.8. The van der Waals surface area contributed by atoms with Crippen molar-refractivity contribution < 1.29 is 24.2 Å². The van der Waals surface area contributed by atoms with E-state index in [1.807, 2.05) is 18.2 Å². The maximum absolute atomic E-state index is 13.3. The molecule has 2 rings (SSSR count). The minimum atomic E-state index is -2.78. The molecule has 4 atom stereocenters. The van der Waals surface area contributed by atoms with E-state index in [1.54, 1.807) is 0 Å². The Morgan fingerprint density at radius 1 is 0.812 bits per heavy atom. The molecule has 1 aliphatic rings. The molecule has 0 fully saturated rings. The fourth-order valence-corrected chi connectivity index (χ4v) is 20.3. The summed E-state index contributed by atoms with van der Waals surface area (Å²) in [5, 5.41) is 14.8. The van der Waals surface area contributed by atoms with Gasteiger partial charge in [0.05, 0.1) is 0 Å². The predicted octanol–water partition coefficient (Wildman–Crippen LogP) is 5.78. The molecule has 32 heavy (non-hydrogen) atoms. The summed E-state index contributed by atoms with van der Waals surface area (Å²) in [5.41, 5.74) is 1.85. The molecule has 0 saturated heterocycles. The van der Waals surface area contributed by atoms with Crippen LogP contribution in [0, 0.1) is 11.8 Å². The van der Waals surface area contributed by atoms with Gasteiger partial charge in [-0.3, -0.25) is 0 Å². The number of hydrogen-bond donors (Lipinski definition) is 1. The van der Waals surface area contributed by atoms with Crippen LogP contribution in [0.4, 0.5) is 0 Å². The summed E-state index contributed by atoms with van der Waals surface area (Å²) in [6.45, 7) is 6.67. The zero-order chi connectivity index (χ0) is 23.7. The van der Waals surface area contributed by atoms with Gasteiger partial charge in [-0.1, -0.05) is 0 Å². The van der Waals surface area contributed by atoms with E-state index >= 15 is 0 Å². The van der Waals surface area contributed by atoms with Gasteiger partial charge in [-0.15, -0.1) is 0 Å². The average molecular weight is 507 g/mol. The van der Waals surface area contributed by atoms with E-state index in [0.29, 0.717) is 0 Å². The molecule has 0 aromatic heterocycles. The first kappa shape index (κ1) is 26.9. The minimum absolute atomic E-state index is 0.0178.